The molecular weight excluding hydrogens is 262 g/mol. The minimum atomic E-state index is 0.678. The number of guanidine groups is 1. The molecule has 0 saturated heterocycles. The number of rotatable bonds is 6. The summed E-state index contributed by atoms with van der Waals surface area (Å²) in [5.41, 5.74) is 2.39. The Morgan fingerprint density at radius 1 is 1.24 bits per heavy atom. The molecule has 1 heterocycles. The second-order valence-corrected chi connectivity index (χ2v) is 4.89. The second-order valence-electron chi connectivity index (χ2n) is 4.89. The predicted octanol–water partition coefficient (Wildman–Crippen LogP) is 1.95. The van der Waals surface area contributed by atoms with Crippen molar-refractivity contribution in [2.45, 2.75) is 26.9 Å². The van der Waals surface area contributed by atoms with Crippen LogP contribution >= 0.6 is 0 Å². The van der Waals surface area contributed by atoms with Gasteiger partial charge in [-0.1, -0.05) is 30.3 Å². The Labute approximate surface area is 126 Å². The van der Waals surface area contributed by atoms with Crippen LogP contribution in [0.15, 0.2) is 47.7 Å². The largest absolute Gasteiger partial charge is 0.357 e. The number of aryl methyl sites for hydroxylation is 1. The minimum Gasteiger partial charge on any atom is -0.357 e. The van der Waals surface area contributed by atoms with Gasteiger partial charge in [-0.05, 0) is 25.0 Å². The lowest BCUT2D eigenvalue weighted by Crippen LogP contribution is -2.38. The number of hydrogen-bond donors (Lipinski definition) is 2. The first-order valence-electron chi connectivity index (χ1n) is 7.33. The number of nitrogens with zero attached hydrogens (tertiary/aromatic N) is 3. The summed E-state index contributed by atoms with van der Waals surface area (Å²) in [4.78, 5) is 4.58. The highest BCUT2D eigenvalue weighted by Crippen LogP contribution is 1.99. The van der Waals surface area contributed by atoms with Crippen LogP contribution < -0.4 is 10.6 Å². The quantitative estimate of drug-likeness (QED) is 0.630. The maximum absolute atomic E-state index is 4.58. The summed E-state index contributed by atoms with van der Waals surface area (Å²) < 4.78 is 1.93. The zero-order valence-corrected chi connectivity index (χ0v) is 12.7. The van der Waals surface area contributed by atoms with Crippen molar-refractivity contribution in [3.8, 4) is 0 Å². The Bertz CT molecular complexity index is 559. The van der Waals surface area contributed by atoms with Crippen molar-refractivity contribution in [1.82, 2.24) is 20.4 Å². The van der Waals surface area contributed by atoms with Crippen LogP contribution in [-0.4, -0.2) is 28.8 Å². The zero-order valence-electron chi connectivity index (χ0n) is 12.7. The van der Waals surface area contributed by atoms with Gasteiger partial charge in [0, 0.05) is 19.3 Å². The maximum Gasteiger partial charge on any atom is 0.191 e. The normalized spacial score (nSPS) is 11.4. The van der Waals surface area contributed by atoms with E-state index >= 15 is 0 Å². The van der Waals surface area contributed by atoms with Gasteiger partial charge < -0.3 is 10.6 Å². The Morgan fingerprint density at radius 3 is 2.71 bits per heavy atom. The van der Waals surface area contributed by atoms with E-state index in [9.17, 15) is 0 Å². The van der Waals surface area contributed by atoms with Crippen molar-refractivity contribution in [2.75, 3.05) is 13.1 Å². The van der Waals surface area contributed by atoms with Crippen molar-refractivity contribution in [3.63, 3.8) is 0 Å². The highest BCUT2D eigenvalue weighted by atomic mass is 15.3. The summed E-state index contributed by atoms with van der Waals surface area (Å²) in [5.74, 6) is 0.838. The molecule has 2 aromatic rings. The summed E-state index contributed by atoms with van der Waals surface area (Å²) in [6.07, 6.45) is 3.91. The molecule has 5 nitrogen and oxygen atoms in total. The van der Waals surface area contributed by atoms with Crippen LogP contribution in [0, 0.1) is 6.92 Å². The summed E-state index contributed by atoms with van der Waals surface area (Å²) in [7, 11) is 0. The van der Waals surface area contributed by atoms with Crippen LogP contribution in [0.4, 0.5) is 0 Å². The Morgan fingerprint density at radius 2 is 2.05 bits per heavy atom. The third-order valence-electron chi connectivity index (χ3n) is 3.00. The first-order valence-corrected chi connectivity index (χ1v) is 7.33. The Kier molecular flexibility index (Phi) is 5.82. The van der Waals surface area contributed by atoms with Crippen molar-refractivity contribution < 1.29 is 0 Å². The summed E-state index contributed by atoms with van der Waals surface area (Å²) in [6, 6.07) is 10.2. The molecule has 0 fully saturated rings. The molecule has 0 aliphatic rings. The molecule has 0 radical (unpaired) electrons. The lowest BCUT2D eigenvalue weighted by atomic mass is 10.2. The monoisotopic (exact) mass is 285 g/mol. The molecule has 2 N–H and O–H groups in total. The van der Waals surface area contributed by atoms with Crippen molar-refractivity contribution in [3.05, 3.63) is 53.9 Å². The van der Waals surface area contributed by atoms with Crippen molar-refractivity contribution in [2.24, 2.45) is 4.99 Å². The van der Waals surface area contributed by atoms with Crippen LogP contribution in [0.25, 0.3) is 0 Å². The Hall–Kier alpha value is -2.30. The van der Waals surface area contributed by atoms with Gasteiger partial charge in [-0.25, -0.2) is 4.99 Å². The molecule has 0 atom stereocenters. The molecule has 1 aromatic heterocycles. The molecular formula is C16H23N5. The van der Waals surface area contributed by atoms with E-state index in [1.807, 2.05) is 42.2 Å². The van der Waals surface area contributed by atoms with Gasteiger partial charge in [0.25, 0.3) is 0 Å². The summed E-state index contributed by atoms with van der Waals surface area (Å²) in [5, 5.41) is 10.8. The van der Waals surface area contributed by atoms with Gasteiger partial charge in [-0.2, -0.15) is 5.10 Å². The number of aliphatic imine (C=N–C) groups is 1. The van der Waals surface area contributed by atoms with E-state index in [1.165, 1.54) is 11.1 Å². The average molecular weight is 285 g/mol. The molecule has 112 valence electrons. The topological polar surface area (TPSA) is 54.2 Å². The number of nitrogens with one attached hydrogen (secondary N) is 2. The van der Waals surface area contributed by atoms with E-state index in [0.29, 0.717) is 6.54 Å². The van der Waals surface area contributed by atoms with Gasteiger partial charge in [-0.15, -0.1) is 0 Å². The van der Waals surface area contributed by atoms with Crippen molar-refractivity contribution >= 4 is 5.96 Å². The molecule has 2 rings (SSSR count). The zero-order chi connectivity index (χ0) is 14.9. The SMILES string of the molecule is CCNC(=NCc1ccccc1)NCCn1cc(C)cn1. The minimum absolute atomic E-state index is 0.678. The summed E-state index contributed by atoms with van der Waals surface area (Å²) in [6.45, 7) is 7.25. The molecule has 5 heteroatoms. The van der Waals surface area contributed by atoms with Crippen LogP contribution in [0.2, 0.25) is 0 Å². The third-order valence-corrected chi connectivity index (χ3v) is 3.00. The fourth-order valence-electron chi connectivity index (χ4n) is 1.97. The third kappa shape index (κ3) is 5.30. The molecule has 1 aromatic carbocycles. The smallest absolute Gasteiger partial charge is 0.191 e. The van der Waals surface area contributed by atoms with Crippen LogP contribution in [0.5, 0.6) is 0 Å². The number of aromatic nitrogens is 2. The Balaban J connectivity index is 1.83. The first-order chi connectivity index (χ1) is 10.3. The molecule has 0 spiro atoms. The van der Waals surface area contributed by atoms with E-state index in [4.69, 9.17) is 0 Å². The van der Waals surface area contributed by atoms with Gasteiger partial charge in [-0.3, -0.25) is 4.68 Å². The highest BCUT2D eigenvalue weighted by Gasteiger charge is 1.98. The van der Waals surface area contributed by atoms with E-state index < -0.39 is 0 Å². The van der Waals surface area contributed by atoms with Crippen LogP contribution in [-0.2, 0) is 13.1 Å². The molecule has 0 unspecified atom stereocenters. The van der Waals surface area contributed by atoms with E-state index in [0.717, 1.165) is 25.6 Å². The molecule has 0 bridgehead atoms. The summed E-state index contributed by atoms with van der Waals surface area (Å²) >= 11 is 0. The number of benzene rings is 1. The molecule has 0 aliphatic carbocycles. The fraction of sp³-hybridized carbons (Fsp3) is 0.375. The molecule has 0 saturated carbocycles. The fourth-order valence-corrected chi connectivity index (χ4v) is 1.97. The molecule has 21 heavy (non-hydrogen) atoms. The van der Waals surface area contributed by atoms with Crippen molar-refractivity contribution in [1.29, 1.82) is 0 Å². The van der Waals surface area contributed by atoms with Crippen LogP contribution in [0.1, 0.15) is 18.1 Å². The average Bonchev–Trinajstić information content (AvgIpc) is 2.91. The van der Waals surface area contributed by atoms with Gasteiger partial charge in [0.15, 0.2) is 5.96 Å². The highest BCUT2D eigenvalue weighted by molar-refractivity contribution is 5.79. The van der Waals surface area contributed by atoms with E-state index in [2.05, 4.69) is 39.8 Å². The lowest BCUT2D eigenvalue weighted by Gasteiger charge is -2.11. The van der Waals surface area contributed by atoms with Crippen LogP contribution in [0.3, 0.4) is 0 Å². The van der Waals surface area contributed by atoms with Gasteiger partial charge in [0.2, 0.25) is 0 Å². The van der Waals surface area contributed by atoms with E-state index in [-0.39, 0.29) is 0 Å². The van der Waals surface area contributed by atoms with E-state index in [1.54, 1.807) is 0 Å². The number of hydrogen-bond acceptors (Lipinski definition) is 2. The van der Waals surface area contributed by atoms with Gasteiger partial charge in [0.1, 0.15) is 0 Å². The molecule has 0 aliphatic heterocycles. The first kappa shape index (κ1) is 15.1. The predicted molar refractivity (Wildman–Crippen MR) is 86.2 cm³/mol. The lowest BCUT2D eigenvalue weighted by molar-refractivity contribution is 0.597. The molecule has 0 amide bonds. The van der Waals surface area contributed by atoms with Gasteiger partial charge in [0.05, 0.1) is 19.3 Å². The van der Waals surface area contributed by atoms with Gasteiger partial charge >= 0.3 is 0 Å². The maximum atomic E-state index is 4.58. The second kappa shape index (κ2) is 8.09. The standard InChI is InChI=1S/C16H23N5/c1-3-17-16(19-12-15-7-5-4-6-8-15)18-9-10-21-13-14(2)11-20-21/h4-8,11,13H,3,9-10,12H2,1-2H3,(H2,17,18,19).